The lowest BCUT2D eigenvalue weighted by molar-refractivity contribution is -0.119. The molecular formula is C31H33ClN2O4. The van der Waals surface area contributed by atoms with E-state index in [9.17, 15) is 14.4 Å². The number of Topliss-reactive ketones (excluding diaryl/α,β-unsaturated/α-hetero) is 2. The third-order valence-corrected chi connectivity index (χ3v) is 7.68. The van der Waals surface area contributed by atoms with E-state index in [1.165, 1.54) is 0 Å². The molecule has 0 fully saturated rings. The number of hydrogen-bond donors (Lipinski definition) is 2. The summed E-state index contributed by atoms with van der Waals surface area (Å²) in [6.45, 7) is 8.29. The lowest BCUT2D eigenvalue weighted by atomic mass is 9.64. The fourth-order valence-electron chi connectivity index (χ4n) is 5.86. The standard InChI is InChI=1S/C31H33ClN2O4/c1-30(2)13-22-28(24(35)15-30)27(29-23(34-22)14-31(3,4)16-25(29)36)18-5-11-21(12-6-18)38-17-26(37)33-20-9-7-19(32)8-10-20/h5-12,27,34H,13-17H2,1-4H3,(H,33,37). The van der Waals surface area contributed by atoms with Crippen LogP contribution in [0.3, 0.4) is 0 Å². The Morgan fingerprint density at radius 2 is 1.39 bits per heavy atom. The number of rotatable bonds is 5. The summed E-state index contributed by atoms with van der Waals surface area (Å²) in [4.78, 5) is 39.2. The molecule has 198 valence electrons. The van der Waals surface area contributed by atoms with Gasteiger partial charge in [-0.05, 0) is 65.6 Å². The van der Waals surface area contributed by atoms with Crippen LogP contribution in [0.2, 0.25) is 5.02 Å². The van der Waals surface area contributed by atoms with Crippen LogP contribution >= 0.6 is 11.6 Å². The first kappa shape index (κ1) is 26.2. The molecule has 0 saturated carbocycles. The lowest BCUT2D eigenvalue weighted by Gasteiger charge is -2.44. The van der Waals surface area contributed by atoms with E-state index in [0.717, 1.165) is 29.8 Å². The molecule has 5 rings (SSSR count). The molecule has 2 N–H and O–H groups in total. The maximum absolute atomic E-state index is 13.4. The predicted octanol–water partition coefficient (Wildman–Crippen LogP) is 6.33. The Bertz CT molecular complexity index is 1320. The average molecular weight is 533 g/mol. The quantitative estimate of drug-likeness (QED) is 0.470. The van der Waals surface area contributed by atoms with Gasteiger partial charge in [0, 0.05) is 52.0 Å². The van der Waals surface area contributed by atoms with E-state index < -0.39 is 5.92 Å². The largest absolute Gasteiger partial charge is 0.484 e. The Balaban J connectivity index is 1.39. The highest BCUT2D eigenvalue weighted by atomic mass is 35.5. The number of nitrogens with one attached hydrogen (secondary N) is 2. The number of allylic oxidation sites excluding steroid dienone is 4. The van der Waals surface area contributed by atoms with Gasteiger partial charge in [0.1, 0.15) is 5.75 Å². The third-order valence-electron chi connectivity index (χ3n) is 7.43. The van der Waals surface area contributed by atoms with Gasteiger partial charge in [-0.1, -0.05) is 51.4 Å². The second kappa shape index (κ2) is 9.73. The smallest absolute Gasteiger partial charge is 0.262 e. The summed E-state index contributed by atoms with van der Waals surface area (Å²) in [6, 6.07) is 14.2. The van der Waals surface area contributed by atoms with Gasteiger partial charge in [-0.25, -0.2) is 0 Å². The number of halogens is 1. The Morgan fingerprint density at radius 3 is 1.92 bits per heavy atom. The second-order valence-corrected chi connectivity index (χ2v) is 12.6. The van der Waals surface area contributed by atoms with Gasteiger partial charge in [0.25, 0.3) is 5.91 Å². The molecule has 2 aromatic carbocycles. The Morgan fingerprint density at radius 1 is 0.868 bits per heavy atom. The van der Waals surface area contributed by atoms with Crippen LogP contribution in [0, 0.1) is 10.8 Å². The van der Waals surface area contributed by atoms with E-state index in [0.29, 0.717) is 40.4 Å². The number of ketones is 2. The second-order valence-electron chi connectivity index (χ2n) is 12.1. The average Bonchev–Trinajstić information content (AvgIpc) is 2.81. The van der Waals surface area contributed by atoms with Crippen molar-refractivity contribution in [3.63, 3.8) is 0 Å². The van der Waals surface area contributed by atoms with E-state index in [1.807, 2.05) is 12.1 Å². The minimum absolute atomic E-state index is 0.0946. The van der Waals surface area contributed by atoms with Gasteiger partial charge in [0.2, 0.25) is 0 Å². The van der Waals surface area contributed by atoms with Gasteiger partial charge in [-0.2, -0.15) is 0 Å². The summed E-state index contributed by atoms with van der Waals surface area (Å²) >= 11 is 5.89. The summed E-state index contributed by atoms with van der Waals surface area (Å²) in [7, 11) is 0. The molecule has 0 unspecified atom stereocenters. The van der Waals surface area contributed by atoms with Crippen molar-refractivity contribution in [2.45, 2.75) is 59.3 Å². The zero-order chi connectivity index (χ0) is 27.2. The molecule has 6 nitrogen and oxygen atoms in total. The molecule has 0 bridgehead atoms. The Labute approximate surface area is 228 Å². The van der Waals surface area contributed by atoms with Crippen molar-refractivity contribution in [3.8, 4) is 5.75 Å². The number of carbonyl (C=O) groups excluding carboxylic acids is 3. The van der Waals surface area contributed by atoms with E-state index in [-0.39, 0.29) is 34.9 Å². The minimum atomic E-state index is -0.393. The Kier molecular flexibility index (Phi) is 6.72. The number of carbonyl (C=O) groups is 3. The molecule has 2 aliphatic carbocycles. The van der Waals surface area contributed by atoms with E-state index >= 15 is 0 Å². The van der Waals surface area contributed by atoms with Gasteiger partial charge < -0.3 is 15.4 Å². The van der Waals surface area contributed by atoms with Gasteiger partial charge in [0.15, 0.2) is 18.2 Å². The van der Waals surface area contributed by atoms with Gasteiger partial charge in [0.05, 0.1) is 0 Å². The summed E-state index contributed by atoms with van der Waals surface area (Å²) in [6.07, 6.45) is 2.44. The van der Waals surface area contributed by atoms with Crippen molar-refractivity contribution in [1.29, 1.82) is 0 Å². The molecule has 1 amide bonds. The summed E-state index contributed by atoms with van der Waals surface area (Å²) in [5.74, 6) is 0.0414. The van der Waals surface area contributed by atoms with Crippen molar-refractivity contribution < 1.29 is 19.1 Å². The topological polar surface area (TPSA) is 84.5 Å². The minimum Gasteiger partial charge on any atom is -0.484 e. The fraction of sp³-hybridized carbons (Fsp3) is 0.387. The summed E-state index contributed by atoms with van der Waals surface area (Å²) in [5, 5.41) is 6.90. The maximum Gasteiger partial charge on any atom is 0.262 e. The number of ether oxygens (including phenoxy) is 1. The zero-order valence-corrected chi connectivity index (χ0v) is 23.0. The highest BCUT2D eigenvalue weighted by Crippen LogP contribution is 2.51. The Hall–Kier alpha value is -3.38. The van der Waals surface area contributed by atoms with E-state index in [4.69, 9.17) is 16.3 Å². The van der Waals surface area contributed by atoms with Gasteiger partial charge >= 0.3 is 0 Å². The van der Waals surface area contributed by atoms with Crippen molar-refractivity contribution in [2.75, 3.05) is 11.9 Å². The SMILES string of the molecule is CC1(C)CC(=O)C2=C(C1)NC1=C(C(=O)CC(C)(C)C1)C2c1ccc(OCC(=O)Nc2ccc(Cl)cc2)cc1. The number of amides is 1. The monoisotopic (exact) mass is 532 g/mol. The fourth-order valence-corrected chi connectivity index (χ4v) is 5.98. The van der Waals surface area contributed by atoms with Crippen LogP contribution in [0.25, 0.3) is 0 Å². The molecule has 38 heavy (non-hydrogen) atoms. The van der Waals surface area contributed by atoms with Crippen molar-refractivity contribution >= 4 is 34.8 Å². The van der Waals surface area contributed by atoms with E-state index in [2.05, 4.69) is 38.3 Å². The van der Waals surface area contributed by atoms with Gasteiger partial charge in [-0.15, -0.1) is 0 Å². The van der Waals surface area contributed by atoms with Crippen LogP contribution in [0.15, 0.2) is 71.1 Å². The molecule has 1 aliphatic heterocycles. The van der Waals surface area contributed by atoms with Crippen LogP contribution in [-0.2, 0) is 14.4 Å². The molecule has 7 heteroatoms. The highest BCUT2D eigenvalue weighted by molar-refractivity contribution is 6.30. The molecule has 0 saturated heterocycles. The predicted molar refractivity (Wildman–Crippen MR) is 148 cm³/mol. The molecule has 2 aromatic rings. The number of hydrogen-bond acceptors (Lipinski definition) is 5. The third kappa shape index (κ3) is 5.41. The number of benzene rings is 2. The number of dihydropyridines is 1. The van der Waals surface area contributed by atoms with Crippen molar-refractivity contribution in [1.82, 2.24) is 5.32 Å². The highest BCUT2D eigenvalue weighted by Gasteiger charge is 2.46. The summed E-state index contributed by atoms with van der Waals surface area (Å²) in [5.41, 5.74) is 4.57. The lowest BCUT2D eigenvalue weighted by Crippen LogP contribution is -2.42. The van der Waals surface area contributed by atoms with Crippen LogP contribution in [-0.4, -0.2) is 24.1 Å². The van der Waals surface area contributed by atoms with Gasteiger partial charge in [-0.3, -0.25) is 14.4 Å². The first-order valence-corrected chi connectivity index (χ1v) is 13.4. The molecule has 1 heterocycles. The van der Waals surface area contributed by atoms with Crippen LogP contribution < -0.4 is 15.4 Å². The maximum atomic E-state index is 13.4. The van der Waals surface area contributed by atoms with Crippen LogP contribution in [0.5, 0.6) is 5.75 Å². The molecule has 0 aromatic heterocycles. The van der Waals surface area contributed by atoms with Crippen LogP contribution in [0.1, 0.15) is 64.9 Å². The van der Waals surface area contributed by atoms with Crippen molar-refractivity contribution in [2.24, 2.45) is 10.8 Å². The first-order chi connectivity index (χ1) is 17.9. The molecule has 0 atom stereocenters. The summed E-state index contributed by atoms with van der Waals surface area (Å²) < 4.78 is 5.71. The molecule has 0 radical (unpaired) electrons. The van der Waals surface area contributed by atoms with Crippen LogP contribution in [0.4, 0.5) is 5.69 Å². The zero-order valence-electron chi connectivity index (χ0n) is 22.2. The normalized spacial score (nSPS) is 20.4. The molecular weight excluding hydrogens is 500 g/mol. The van der Waals surface area contributed by atoms with E-state index in [1.54, 1.807) is 36.4 Å². The first-order valence-electron chi connectivity index (χ1n) is 13.0. The molecule has 0 spiro atoms. The van der Waals surface area contributed by atoms with Crippen molar-refractivity contribution in [3.05, 3.63) is 81.7 Å². The number of anilines is 1. The molecule has 3 aliphatic rings.